The van der Waals surface area contributed by atoms with Crippen molar-refractivity contribution in [2.45, 2.75) is 45.6 Å². The molecule has 3 rings (SSSR count). The number of aliphatic carboxylic acids is 2. The number of thioether (sulfide) groups is 1. The molecular weight excluding hydrogens is 564 g/mol. The molecule has 230 valence electrons. The van der Waals surface area contributed by atoms with Crippen molar-refractivity contribution in [1.29, 1.82) is 0 Å². The van der Waals surface area contributed by atoms with Gasteiger partial charge in [0.25, 0.3) is 0 Å². The number of ether oxygens (including phenoxy) is 1. The maximum absolute atomic E-state index is 13.3. The number of aliphatic imine (C=N–C) groups is 1. The van der Waals surface area contributed by atoms with Crippen molar-refractivity contribution in [3.8, 4) is 5.75 Å². The Morgan fingerprint density at radius 3 is 2.24 bits per heavy atom. The van der Waals surface area contributed by atoms with Crippen LogP contribution in [0.1, 0.15) is 39.5 Å². The molecule has 1 fully saturated rings. The number of nitrogens with zero attached hydrogens (tertiary/aromatic N) is 3. The predicted molar refractivity (Wildman–Crippen MR) is 164 cm³/mol. The highest BCUT2D eigenvalue weighted by atomic mass is 32.2. The third-order valence-corrected chi connectivity index (χ3v) is 7.06. The van der Waals surface area contributed by atoms with Gasteiger partial charge >= 0.3 is 11.9 Å². The van der Waals surface area contributed by atoms with Crippen molar-refractivity contribution >= 4 is 34.6 Å². The number of unbranched alkanes of at least 4 members (excludes halogenated alkanes) is 1. The topological polar surface area (TPSA) is 103 Å². The van der Waals surface area contributed by atoms with Gasteiger partial charge in [0.2, 0.25) is 0 Å². The summed E-state index contributed by atoms with van der Waals surface area (Å²) in [6, 6.07) is 14.4. The number of carboxylic acid groups (broad SMARTS) is 2. The van der Waals surface area contributed by atoms with E-state index in [1.807, 2.05) is 18.2 Å². The molecule has 0 atom stereocenters. The zero-order valence-electron chi connectivity index (χ0n) is 24.4. The summed E-state index contributed by atoms with van der Waals surface area (Å²) in [5.41, 5.74) is 1.00. The van der Waals surface area contributed by atoms with E-state index < -0.39 is 23.6 Å². The van der Waals surface area contributed by atoms with E-state index in [-0.39, 0.29) is 0 Å². The van der Waals surface area contributed by atoms with Crippen LogP contribution >= 0.6 is 11.8 Å². The van der Waals surface area contributed by atoms with Gasteiger partial charge in [-0.15, -0.1) is 0 Å². The largest absolute Gasteiger partial charge is 0.493 e. The summed E-state index contributed by atoms with van der Waals surface area (Å²) < 4.78 is 31.8. The molecule has 42 heavy (non-hydrogen) atoms. The van der Waals surface area contributed by atoms with Gasteiger partial charge in [0, 0.05) is 43.9 Å². The third kappa shape index (κ3) is 13.5. The Bertz CT molecular complexity index is 1160. The second-order valence-electron chi connectivity index (χ2n) is 10.2. The Morgan fingerprint density at radius 1 is 1.05 bits per heavy atom. The molecule has 2 aromatic rings. The molecule has 1 aliphatic rings. The van der Waals surface area contributed by atoms with E-state index in [0.29, 0.717) is 36.5 Å². The standard InChI is InChI=1S/C27H37F2N3OS.C4H4O4/c1-21(2)20-32(27(34-3)30-22-9-5-4-6-10-22)23-13-16-31(17-14-23)15-7-8-18-33-24-11-12-25(28)26(29)19-24;5-3(6)1-2-4(7)8/h4-6,9-12,19,21,23H,7-8,13-18,20H2,1-3H3;1-2H,(H,5,6)(H,7,8)/b30-27-;2-1+. The lowest BCUT2D eigenvalue weighted by molar-refractivity contribution is -0.134. The summed E-state index contributed by atoms with van der Waals surface area (Å²) in [4.78, 5) is 29.1. The van der Waals surface area contributed by atoms with Crippen LogP contribution in [0.3, 0.4) is 0 Å². The second kappa shape index (κ2) is 18.9. The molecule has 11 heteroatoms. The summed E-state index contributed by atoms with van der Waals surface area (Å²) in [6.45, 7) is 9.25. The molecule has 1 heterocycles. The van der Waals surface area contributed by atoms with Crippen molar-refractivity contribution in [2.24, 2.45) is 10.9 Å². The molecule has 2 aromatic carbocycles. The summed E-state index contributed by atoms with van der Waals surface area (Å²) in [7, 11) is 0. The van der Waals surface area contributed by atoms with E-state index in [1.165, 1.54) is 6.07 Å². The fourth-order valence-electron chi connectivity index (χ4n) is 4.41. The lowest BCUT2D eigenvalue weighted by atomic mass is 10.0. The first-order chi connectivity index (χ1) is 20.1. The van der Waals surface area contributed by atoms with Gasteiger partial charge in [-0.25, -0.2) is 23.4 Å². The average Bonchev–Trinajstić information content (AvgIpc) is 2.96. The van der Waals surface area contributed by atoms with E-state index >= 15 is 0 Å². The van der Waals surface area contributed by atoms with Gasteiger partial charge in [-0.2, -0.15) is 0 Å². The van der Waals surface area contributed by atoms with Gasteiger partial charge in [-0.1, -0.05) is 43.8 Å². The van der Waals surface area contributed by atoms with Crippen LogP contribution < -0.4 is 4.74 Å². The van der Waals surface area contributed by atoms with Gasteiger partial charge in [-0.05, 0) is 68.7 Å². The Morgan fingerprint density at radius 2 is 1.69 bits per heavy atom. The molecule has 0 unspecified atom stereocenters. The van der Waals surface area contributed by atoms with Gasteiger partial charge in [0.1, 0.15) is 5.75 Å². The van der Waals surface area contributed by atoms with Crippen LogP contribution in [0, 0.1) is 17.6 Å². The highest BCUT2D eigenvalue weighted by molar-refractivity contribution is 8.13. The summed E-state index contributed by atoms with van der Waals surface area (Å²) >= 11 is 1.73. The number of amidine groups is 1. The number of piperidine rings is 1. The van der Waals surface area contributed by atoms with Crippen LogP contribution in [0.15, 0.2) is 65.7 Å². The minimum absolute atomic E-state index is 0.381. The van der Waals surface area contributed by atoms with Gasteiger partial charge in [0.15, 0.2) is 16.8 Å². The molecule has 0 aromatic heterocycles. The highest BCUT2D eigenvalue weighted by Gasteiger charge is 2.27. The number of para-hydroxylation sites is 1. The Kier molecular flexibility index (Phi) is 15.6. The Hall–Kier alpha value is -3.44. The molecular formula is C31H41F2N3O5S. The Labute approximate surface area is 251 Å². The number of benzene rings is 2. The average molecular weight is 606 g/mol. The number of carbonyl (C=O) groups is 2. The molecule has 0 saturated carbocycles. The number of halogens is 2. The van der Waals surface area contributed by atoms with E-state index in [2.05, 4.69) is 42.0 Å². The molecule has 8 nitrogen and oxygen atoms in total. The number of rotatable bonds is 12. The number of hydrogen-bond donors (Lipinski definition) is 2. The van der Waals surface area contributed by atoms with Crippen molar-refractivity contribution in [3.05, 3.63) is 72.3 Å². The van der Waals surface area contributed by atoms with Crippen LogP contribution in [0.25, 0.3) is 0 Å². The van der Waals surface area contributed by atoms with Crippen LogP contribution in [-0.4, -0.2) is 82.2 Å². The SMILES string of the molecule is CS/C(=N\c1ccccc1)N(CC(C)C)C1CCN(CCCCOc2ccc(F)c(F)c2)CC1.O=C(O)/C=C/C(=O)O. The molecule has 1 saturated heterocycles. The lowest BCUT2D eigenvalue weighted by Gasteiger charge is -2.40. The second-order valence-corrected chi connectivity index (χ2v) is 11.0. The quantitative estimate of drug-likeness (QED) is 0.126. The van der Waals surface area contributed by atoms with Crippen LogP contribution in [-0.2, 0) is 9.59 Å². The van der Waals surface area contributed by atoms with E-state index in [1.54, 1.807) is 11.8 Å². The minimum atomic E-state index is -1.26. The first-order valence-electron chi connectivity index (χ1n) is 14.0. The van der Waals surface area contributed by atoms with E-state index in [4.69, 9.17) is 19.9 Å². The third-order valence-electron chi connectivity index (χ3n) is 6.37. The maximum Gasteiger partial charge on any atom is 0.328 e. The summed E-state index contributed by atoms with van der Waals surface area (Å²) in [5, 5.41) is 16.7. The van der Waals surface area contributed by atoms with Crippen LogP contribution in [0.5, 0.6) is 5.75 Å². The van der Waals surface area contributed by atoms with E-state index in [9.17, 15) is 18.4 Å². The van der Waals surface area contributed by atoms with E-state index in [0.717, 1.165) is 74.9 Å². The van der Waals surface area contributed by atoms with Gasteiger partial charge in [-0.3, -0.25) is 0 Å². The molecule has 0 amide bonds. The minimum Gasteiger partial charge on any atom is -0.493 e. The lowest BCUT2D eigenvalue weighted by Crippen LogP contribution is -2.48. The van der Waals surface area contributed by atoms with Crippen LogP contribution in [0.4, 0.5) is 14.5 Å². The molecule has 0 radical (unpaired) electrons. The fourth-order valence-corrected chi connectivity index (χ4v) is 5.06. The summed E-state index contributed by atoms with van der Waals surface area (Å²) in [5.74, 6) is -3.28. The molecule has 0 bridgehead atoms. The fraction of sp³-hybridized carbons (Fsp3) is 0.452. The Balaban J connectivity index is 0.000000675. The zero-order chi connectivity index (χ0) is 30.9. The first-order valence-corrected chi connectivity index (χ1v) is 15.2. The number of carboxylic acids is 2. The number of likely N-dealkylation sites (tertiary alicyclic amines) is 1. The predicted octanol–water partition coefficient (Wildman–Crippen LogP) is 6.31. The number of hydrogen-bond acceptors (Lipinski definition) is 6. The van der Waals surface area contributed by atoms with Crippen molar-refractivity contribution in [3.63, 3.8) is 0 Å². The van der Waals surface area contributed by atoms with Crippen LogP contribution in [0.2, 0.25) is 0 Å². The molecule has 2 N–H and O–H groups in total. The van der Waals surface area contributed by atoms with Gasteiger partial charge < -0.3 is 24.7 Å². The normalized spacial score (nSPS) is 14.5. The first kappa shape index (κ1) is 34.8. The van der Waals surface area contributed by atoms with Crippen molar-refractivity contribution in [2.75, 3.05) is 39.0 Å². The highest BCUT2D eigenvalue weighted by Crippen LogP contribution is 2.24. The molecule has 0 spiro atoms. The smallest absolute Gasteiger partial charge is 0.328 e. The monoisotopic (exact) mass is 605 g/mol. The zero-order valence-corrected chi connectivity index (χ0v) is 25.2. The molecule has 0 aliphatic carbocycles. The van der Waals surface area contributed by atoms with Gasteiger partial charge in [0.05, 0.1) is 12.3 Å². The molecule has 1 aliphatic heterocycles. The maximum atomic E-state index is 13.3. The van der Waals surface area contributed by atoms with Crippen molar-refractivity contribution in [1.82, 2.24) is 9.80 Å². The summed E-state index contributed by atoms with van der Waals surface area (Å²) in [6.07, 6.45) is 7.41. The van der Waals surface area contributed by atoms with Crippen molar-refractivity contribution < 1.29 is 33.3 Å².